The van der Waals surface area contributed by atoms with Gasteiger partial charge in [0.2, 0.25) is 0 Å². The van der Waals surface area contributed by atoms with Crippen molar-refractivity contribution in [1.82, 2.24) is 20.3 Å². The quantitative estimate of drug-likeness (QED) is 0.887. The zero-order valence-electron chi connectivity index (χ0n) is 13.5. The number of halogens is 2. The van der Waals surface area contributed by atoms with Gasteiger partial charge in [0.15, 0.2) is 5.69 Å². The van der Waals surface area contributed by atoms with Gasteiger partial charge in [0, 0.05) is 24.6 Å². The van der Waals surface area contributed by atoms with Crippen LogP contribution in [0.4, 0.5) is 8.78 Å². The van der Waals surface area contributed by atoms with Crippen LogP contribution in [0.2, 0.25) is 0 Å². The molecule has 0 aliphatic carbocycles. The number of rotatable bonds is 3. The first kappa shape index (κ1) is 16.1. The molecule has 0 radical (unpaired) electrons. The third-order valence-electron chi connectivity index (χ3n) is 5.25. The predicted molar refractivity (Wildman–Crippen MR) is 83.6 cm³/mol. The number of amides is 1. The average Bonchev–Trinajstić information content (AvgIpc) is 3.17. The third kappa shape index (κ3) is 2.90. The molecule has 6 nitrogen and oxygen atoms in total. The Hall–Kier alpha value is -2.35. The van der Waals surface area contributed by atoms with Gasteiger partial charge >= 0.3 is 0 Å². The molecule has 2 saturated heterocycles. The smallest absolute Gasteiger partial charge is 0.276 e. The molecule has 1 amide bonds. The lowest BCUT2D eigenvalue weighted by Crippen LogP contribution is -2.54. The van der Waals surface area contributed by atoms with Gasteiger partial charge in [-0.05, 0) is 37.3 Å². The van der Waals surface area contributed by atoms with Crippen LogP contribution in [0.3, 0.4) is 0 Å². The van der Waals surface area contributed by atoms with Crippen LogP contribution >= 0.6 is 0 Å². The summed E-state index contributed by atoms with van der Waals surface area (Å²) in [5.41, 5.74) is -0.558. The van der Waals surface area contributed by atoms with Gasteiger partial charge in [-0.1, -0.05) is 6.07 Å². The molecule has 0 spiro atoms. The third-order valence-corrected chi connectivity index (χ3v) is 5.25. The highest BCUT2D eigenvalue weighted by Crippen LogP contribution is 2.43. The molecule has 4 rings (SSSR count). The minimum absolute atomic E-state index is 0.109. The minimum Gasteiger partial charge on any atom is -0.389 e. The van der Waals surface area contributed by atoms with Crippen molar-refractivity contribution in [3.8, 4) is 0 Å². The number of H-pyrrole nitrogens is 1. The molecule has 8 heteroatoms. The van der Waals surface area contributed by atoms with Crippen molar-refractivity contribution in [2.45, 2.75) is 49.8 Å². The van der Waals surface area contributed by atoms with Gasteiger partial charge in [-0.15, -0.1) is 0 Å². The van der Waals surface area contributed by atoms with E-state index in [0.717, 1.165) is 18.9 Å². The molecule has 2 aliphatic heterocycles. The molecule has 25 heavy (non-hydrogen) atoms. The molecule has 1 aromatic heterocycles. The maximum absolute atomic E-state index is 13.9. The van der Waals surface area contributed by atoms with Gasteiger partial charge in [0.1, 0.15) is 11.6 Å². The average molecular weight is 348 g/mol. The van der Waals surface area contributed by atoms with E-state index in [-0.39, 0.29) is 30.1 Å². The maximum atomic E-state index is 13.9. The van der Waals surface area contributed by atoms with Crippen molar-refractivity contribution in [1.29, 1.82) is 0 Å². The highest BCUT2D eigenvalue weighted by molar-refractivity contribution is 5.92. The molecule has 1 aromatic carbocycles. The van der Waals surface area contributed by atoms with E-state index >= 15 is 0 Å². The van der Waals surface area contributed by atoms with Crippen LogP contribution in [0, 0.1) is 11.6 Å². The number of carbonyl (C=O) groups excluding carboxylic acids is 1. The van der Waals surface area contributed by atoms with E-state index in [1.165, 1.54) is 18.3 Å². The van der Waals surface area contributed by atoms with Crippen LogP contribution in [-0.4, -0.2) is 49.0 Å². The van der Waals surface area contributed by atoms with Crippen molar-refractivity contribution in [3.63, 3.8) is 0 Å². The second kappa shape index (κ2) is 5.87. The van der Waals surface area contributed by atoms with Crippen molar-refractivity contribution >= 4 is 5.91 Å². The molecule has 132 valence electrons. The number of benzene rings is 1. The lowest BCUT2D eigenvalue weighted by Gasteiger charge is -2.43. The van der Waals surface area contributed by atoms with E-state index < -0.39 is 17.2 Å². The molecule has 2 aliphatic rings. The standard InChI is InChI=1S/C17H18F2N4O2/c18-11-2-1-10(14(19)5-11)6-17(25)7-12-3-4-13(8-17)23(12)16(24)15-9-20-22-21-15/h1-2,5,9,12-13,25H,3-4,6-8H2,(H,20,21,22). The van der Waals surface area contributed by atoms with Crippen LogP contribution < -0.4 is 0 Å². The monoisotopic (exact) mass is 348 g/mol. The fourth-order valence-electron chi connectivity index (χ4n) is 4.25. The molecule has 2 fully saturated rings. The summed E-state index contributed by atoms with van der Waals surface area (Å²) in [6.45, 7) is 0. The maximum Gasteiger partial charge on any atom is 0.276 e. The van der Waals surface area contributed by atoms with Crippen LogP contribution in [0.5, 0.6) is 0 Å². The number of nitrogens with one attached hydrogen (secondary N) is 1. The van der Waals surface area contributed by atoms with Gasteiger partial charge in [-0.2, -0.15) is 15.4 Å². The number of hydrogen-bond donors (Lipinski definition) is 2. The minimum atomic E-state index is -1.11. The molecule has 2 unspecified atom stereocenters. The number of aromatic nitrogens is 3. The first-order valence-corrected chi connectivity index (χ1v) is 8.30. The number of aliphatic hydroxyl groups is 1. The molecule has 0 saturated carbocycles. The van der Waals surface area contributed by atoms with Gasteiger partial charge in [0.25, 0.3) is 5.91 Å². The van der Waals surface area contributed by atoms with Crippen LogP contribution in [0.1, 0.15) is 41.7 Å². The van der Waals surface area contributed by atoms with E-state index in [2.05, 4.69) is 15.4 Å². The second-order valence-electron chi connectivity index (χ2n) is 7.00. The number of fused-ring (bicyclic) bond motifs is 2. The molecule has 3 heterocycles. The number of carbonyl (C=O) groups is 1. The van der Waals surface area contributed by atoms with E-state index in [0.29, 0.717) is 18.4 Å². The van der Waals surface area contributed by atoms with Gasteiger partial charge in [-0.25, -0.2) is 8.78 Å². The summed E-state index contributed by atoms with van der Waals surface area (Å²) in [6.07, 6.45) is 3.81. The first-order chi connectivity index (χ1) is 12.0. The Morgan fingerprint density at radius 2 is 2.04 bits per heavy atom. The Labute approximate surface area is 142 Å². The SMILES string of the molecule is O=C(c1cn[nH]n1)N1C2CCC1CC(O)(Cc1ccc(F)cc1F)C2. The van der Waals surface area contributed by atoms with Crippen molar-refractivity contribution in [2.24, 2.45) is 0 Å². The van der Waals surface area contributed by atoms with Gasteiger partial charge in [-0.3, -0.25) is 4.79 Å². The van der Waals surface area contributed by atoms with Crippen LogP contribution in [0.25, 0.3) is 0 Å². The summed E-state index contributed by atoms with van der Waals surface area (Å²) in [4.78, 5) is 14.4. The lowest BCUT2D eigenvalue weighted by molar-refractivity contribution is -0.0433. The highest BCUT2D eigenvalue weighted by Gasteiger charge is 2.49. The molecular weight excluding hydrogens is 330 g/mol. The van der Waals surface area contributed by atoms with Crippen molar-refractivity contribution in [2.75, 3.05) is 0 Å². The Bertz CT molecular complexity index is 782. The summed E-state index contributed by atoms with van der Waals surface area (Å²) in [7, 11) is 0. The first-order valence-electron chi connectivity index (χ1n) is 8.30. The summed E-state index contributed by atoms with van der Waals surface area (Å²) in [6, 6.07) is 3.17. The van der Waals surface area contributed by atoms with E-state index in [4.69, 9.17) is 0 Å². The fraction of sp³-hybridized carbons (Fsp3) is 0.471. The molecule has 2 atom stereocenters. The normalized spacial score (nSPS) is 28.4. The largest absolute Gasteiger partial charge is 0.389 e. The van der Waals surface area contributed by atoms with E-state index in [1.54, 1.807) is 4.90 Å². The zero-order valence-corrected chi connectivity index (χ0v) is 13.5. The Balaban J connectivity index is 1.53. The van der Waals surface area contributed by atoms with Crippen LogP contribution in [0.15, 0.2) is 24.4 Å². The summed E-state index contributed by atoms with van der Waals surface area (Å²) < 4.78 is 27.0. The van der Waals surface area contributed by atoms with Gasteiger partial charge < -0.3 is 10.0 Å². The number of hydrogen-bond acceptors (Lipinski definition) is 4. The highest BCUT2D eigenvalue weighted by atomic mass is 19.1. The Morgan fingerprint density at radius 1 is 1.32 bits per heavy atom. The van der Waals surface area contributed by atoms with Crippen LogP contribution in [-0.2, 0) is 6.42 Å². The Morgan fingerprint density at radius 3 is 2.64 bits per heavy atom. The number of aromatic amines is 1. The summed E-state index contributed by atoms with van der Waals surface area (Å²) in [5.74, 6) is -1.49. The fourth-order valence-corrected chi connectivity index (χ4v) is 4.25. The second-order valence-corrected chi connectivity index (χ2v) is 7.00. The van der Waals surface area contributed by atoms with E-state index in [9.17, 15) is 18.7 Å². The molecule has 2 bridgehead atoms. The van der Waals surface area contributed by atoms with Gasteiger partial charge in [0.05, 0.1) is 11.8 Å². The molecule has 2 N–H and O–H groups in total. The van der Waals surface area contributed by atoms with Crippen molar-refractivity contribution < 1.29 is 18.7 Å². The van der Waals surface area contributed by atoms with E-state index in [1.807, 2.05) is 0 Å². The predicted octanol–water partition coefficient (Wildman–Crippen LogP) is 1.82. The zero-order chi connectivity index (χ0) is 17.6. The molecular formula is C17H18F2N4O2. The molecule has 2 aromatic rings. The topological polar surface area (TPSA) is 82.1 Å². The lowest BCUT2D eigenvalue weighted by atomic mass is 9.81. The Kier molecular flexibility index (Phi) is 3.79. The summed E-state index contributed by atoms with van der Waals surface area (Å²) >= 11 is 0. The number of nitrogens with zero attached hydrogens (tertiary/aromatic N) is 3. The number of piperidine rings is 1. The summed E-state index contributed by atoms with van der Waals surface area (Å²) in [5, 5.41) is 20.9. The van der Waals surface area contributed by atoms with Crippen molar-refractivity contribution in [3.05, 3.63) is 47.3 Å².